The number of fused-ring (bicyclic) bond motifs is 1. The summed E-state index contributed by atoms with van der Waals surface area (Å²) in [5, 5.41) is 0.621. The molecule has 0 spiro atoms. The summed E-state index contributed by atoms with van der Waals surface area (Å²) in [5.41, 5.74) is 2.98. The zero-order valence-corrected chi connectivity index (χ0v) is 22.0. The minimum Gasteiger partial charge on any atom is -0.302 e. The monoisotopic (exact) mass is 509 g/mol. The highest BCUT2D eigenvalue weighted by atomic mass is 35.5. The van der Waals surface area contributed by atoms with Crippen LogP contribution in [0.15, 0.2) is 47.4 Å². The average molecular weight is 510 g/mol. The van der Waals surface area contributed by atoms with Crippen molar-refractivity contribution in [3.8, 4) is 0 Å². The van der Waals surface area contributed by atoms with Crippen LogP contribution in [0, 0.1) is 13.8 Å². The summed E-state index contributed by atoms with van der Waals surface area (Å²) >= 11 is 1.47. The van der Waals surface area contributed by atoms with Gasteiger partial charge < -0.3 is 4.90 Å². The SMILES string of the molecule is CCN(CC)CCN(C(=O)CCS(=O)(=O)c1ccc(C)cc1)c1nc2ccc(C)cc2s1.Cl. The fourth-order valence-electron chi connectivity index (χ4n) is 3.46. The fourth-order valence-corrected chi connectivity index (χ4v) is 5.80. The van der Waals surface area contributed by atoms with Crippen LogP contribution in [0.5, 0.6) is 0 Å². The van der Waals surface area contributed by atoms with Crippen molar-refractivity contribution in [3.63, 3.8) is 0 Å². The van der Waals surface area contributed by atoms with Gasteiger partial charge in [-0.05, 0) is 56.8 Å². The van der Waals surface area contributed by atoms with Crippen molar-refractivity contribution in [3.05, 3.63) is 53.6 Å². The van der Waals surface area contributed by atoms with Crippen LogP contribution < -0.4 is 4.90 Å². The molecule has 0 saturated carbocycles. The first kappa shape index (κ1) is 27.2. The molecule has 2 aromatic carbocycles. The van der Waals surface area contributed by atoms with E-state index in [1.807, 2.05) is 26.0 Å². The number of benzene rings is 2. The number of halogens is 1. The molecule has 3 aromatic rings. The molecule has 1 aromatic heterocycles. The van der Waals surface area contributed by atoms with E-state index in [1.165, 1.54) is 11.3 Å². The van der Waals surface area contributed by atoms with E-state index in [4.69, 9.17) is 0 Å². The number of thiazole rings is 1. The maximum atomic E-state index is 13.2. The summed E-state index contributed by atoms with van der Waals surface area (Å²) in [6, 6.07) is 12.8. The molecule has 6 nitrogen and oxygen atoms in total. The topological polar surface area (TPSA) is 70.6 Å². The first-order valence-corrected chi connectivity index (χ1v) is 13.4. The number of rotatable bonds is 10. The van der Waals surface area contributed by atoms with Gasteiger partial charge in [0.25, 0.3) is 0 Å². The Kier molecular flexibility index (Phi) is 9.84. The Hall–Kier alpha value is -2.00. The smallest absolute Gasteiger partial charge is 0.229 e. The molecule has 0 aliphatic rings. The van der Waals surface area contributed by atoms with Crippen LogP contribution in [-0.4, -0.2) is 56.1 Å². The second kappa shape index (κ2) is 11.9. The molecule has 0 radical (unpaired) electrons. The molecule has 0 aliphatic carbocycles. The lowest BCUT2D eigenvalue weighted by atomic mass is 10.2. The van der Waals surface area contributed by atoms with Crippen molar-refractivity contribution < 1.29 is 13.2 Å². The number of hydrogen-bond acceptors (Lipinski definition) is 6. The third-order valence-electron chi connectivity index (χ3n) is 5.56. The predicted octanol–water partition coefficient (Wildman–Crippen LogP) is 4.87. The van der Waals surface area contributed by atoms with Crippen molar-refractivity contribution in [2.45, 2.75) is 39.0 Å². The van der Waals surface area contributed by atoms with Crippen LogP contribution in [0.25, 0.3) is 10.2 Å². The molecule has 0 atom stereocenters. The van der Waals surface area contributed by atoms with Crippen LogP contribution in [0.3, 0.4) is 0 Å². The molecule has 9 heteroatoms. The van der Waals surface area contributed by atoms with Crippen LogP contribution in [0.2, 0.25) is 0 Å². The second-order valence-electron chi connectivity index (χ2n) is 7.92. The zero-order chi connectivity index (χ0) is 23.3. The fraction of sp³-hybridized carbons (Fsp3) is 0.417. The summed E-state index contributed by atoms with van der Waals surface area (Å²) in [5.74, 6) is -0.440. The van der Waals surface area contributed by atoms with Gasteiger partial charge in [-0.2, -0.15) is 0 Å². The van der Waals surface area contributed by atoms with E-state index in [1.54, 1.807) is 29.2 Å². The van der Waals surface area contributed by atoms with Crippen molar-refractivity contribution in [2.75, 3.05) is 36.8 Å². The van der Waals surface area contributed by atoms with Gasteiger partial charge in [-0.1, -0.05) is 48.9 Å². The largest absolute Gasteiger partial charge is 0.302 e. The van der Waals surface area contributed by atoms with Crippen LogP contribution in [-0.2, 0) is 14.6 Å². The summed E-state index contributed by atoms with van der Waals surface area (Å²) < 4.78 is 26.5. The number of carbonyl (C=O) groups excluding carboxylic acids is 1. The van der Waals surface area contributed by atoms with E-state index in [2.05, 4.69) is 29.8 Å². The molecule has 0 unspecified atom stereocenters. The first-order valence-electron chi connectivity index (χ1n) is 10.9. The Morgan fingerprint density at radius 2 is 1.61 bits per heavy atom. The zero-order valence-electron chi connectivity index (χ0n) is 19.6. The Morgan fingerprint density at radius 3 is 2.24 bits per heavy atom. The van der Waals surface area contributed by atoms with Gasteiger partial charge in [0.2, 0.25) is 5.91 Å². The molecular formula is C24H32ClN3O3S2. The lowest BCUT2D eigenvalue weighted by Gasteiger charge is -2.24. The molecule has 1 amide bonds. The second-order valence-corrected chi connectivity index (χ2v) is 11.0. The maximum Gasteiger partial charge on any atom is 0.229 e. The summed E-state index contributed by atoms with van der Waals surface area (Å²) in [6.07, 6.45) is -0.0799. The molecular weight excluding hydrogens is 478 g/mol. The number of carbonyl (C=O) groups is 1. The highest BCUT2D eigenvalue weighted by Crippen LogP contribution is 2.30. The van der Waals surface area contributed by atoms with Gasteiger partial charge in [0, 0.05) is 19.5 Å². The number of aromatic nitrogens is 1. The molecule has 33 heavy (non-hydrogen) atoms. The normalized spacial score (nSPS) is 11.5. The lowest BCUT2D eigenvalue weighted by Crippen LogP contribution is -2.39. The van der Waals surface area contributed by atoms with Gasteiger partial charge in [-0.25, -0.2) is 13.4 Å². The van der Waals surface area contributed by atoms with Crippen molar-refractivity contribution in [2.24, 2.45) is 0 Å². The Bertz CT molecular complexity index is 1170. The van der Waals surface area contributed by atoms with Crippen LogP contribution in [0.1, 0.15) is 31.4 Å². The number of amides is 1. The molecule has 3 rings (SSSR count). The van der Waals surface area contributed by atoms with Crippen molar-refractivity contribution in [1.82, 2.24) is 9.88 Å². The Labute approximate surface area is 207 Å². The van der Waals surface area contributed by atoms with E-state index in [0.717, 1.165) is 34.4 Å². The molecule has 0 saturated heterocycles. The van der Waals surface area contributed by atoms with Gasteiger partial charge in [0.15, 0.2) is 15.0 Å². The molecule has 0 bridgehead atoms. The number of sulfone groups is 1. The number of aryl methyl sites for hydroxylation is 2. The van der Waals surface area contributed by atoms with E-state index in [0.29, 0.717) is 18.2 Å². The van der Waals surface area contributed by atoms with E-state index in [9.17, 15) is 13.2 Å². The Morgan fingerprint density at radius 1 is 0.970 bits per heavy atom. The maximum absolute atomic E-state index is 13.2. The van der Waals surface area contributed by atoms with Gasteiger partial charge in [-0.3, -0.25) is 9.69 Å². The molecule has 180 valence electrons. The number of likely N-dealkylation sites (N-methyl/N-ethyl adjacent to an activating group) is 1. The van der Waals surface area contributed by atoms with Gasteiger partial charge in [0.05, 0.1) is 20.9 Å². The number of nitrogens with zero attached hydrogens (tertiary/aromatic N) is 3. The lowest BCUT2D eigenvalue weighted by molar-refractivity contribution is -0.118. The van der Waals surface area contributed by atoms with E-state index in [-0.39, 0.29) is 35.4 Å². The van der Waals surface area contributed by atoms with Crippen molar-refractivity contribution >= 4 is 54.8 Å². The summed E-state index contributed by atoms with van der Waals surface area (Å²) in [4.78, 5) is 22.0. The quantitative estimate of drug-likeness (QED) is 0.390. The predicted molar refractivity (Wildman–Crippen MR) is 140 cm³/mol. The summed E-state index contributed by atoms with van der Waals surface area (Å²) in [6.45, 7) is 11.1. The highest BCUT2D eigenvalue weighted by molar-refractivity contribution is 7.91. The molecule has 0 N–H and O–H groups in total. The van der Waals surface area contributed by atoms with Crippen LogP contribution >= 0.6 is 23.7 Å². The third-order valence-corrected chi connectivity index (χ3v) is 8.34. The molecule has 0 aliphatic heterocycles. The molecule has 0 fully saturated rings. The van der Waals surface area contributed by atoms with Crippen molar-refractivity contribution in [1.29, 1.82) is 0 Å². The standard InChI is InChI=1S/C24H31N3O3S2.ClH/c1-5-26(6-2)14-15-27(24-25-21-12-9-19(4)17-22(21)31-24)23(28)13-16-32(29,30)20-10-7-18(3)8-11-20;/h7-12,17H,5-6,13-16H2,1-4H3;1H. The van der Waals surface area contributed by atoms with Gasteiger partial charge in [-0.15, -0.1) is 12.4 Å². The first-order chi connectivity index (χ1) is 15.2. The van der Waals surface area contributed by atoms with Crippen LogP contribution in [0.4, 0.5) is 5.13 Å². The van der Waals surface area contributed by atoms with E-state index < -0.39 is 9.84 Å². The number of anilines is 1. The minimum absolute atomic E-state index is 0. The third kappa shape index (κ3) is 6.99. The highest BCUT2D eigenvalue weighted by Gasteiger charge is 2.23. The number of hydrogen-bond donors (Lipinski definition) is 0. The van der Waals surface area contributed by atoms with E-state index >= 15 is 0 Å². The van der Waals surface area contributed by atoms with Gasteiger partial charge in [0.1, 0.15) is 0 Å². The Balaban J connectivity index is 0.00000385. The minimum atomic E-state index is -3.53. The van der Waals surface area contributed by atoms with Gasteiger partial charge >= 0.3 is 0 Å². The summed E-state index contributed by atoms with van der Waals surface area (Å²) in [7, 11) is -3.53. The average Bonchev–Trinajstić information content (AvgIpc) is 3.18. The molecule has 1 heterocycles.